The van der Waals surface area contributed by atoms with E-state index in [9.17, 15) is 14.4 Å². The third-order valence-corrected chi connectivity index (χ3v) is 3.10. The Hall–Kier alpha value is -2.35. The van der Waals surface area contributed by atoms with Crippen molar-refractivity contribution in [3.63, 3.8) is 0 Å². The Morgan fingerprint density at radius 3 is 2.65 bits per heavy atom. The second-order valence-corrected chi connectivity index (χ2v) is 5.10. The molecule has 0 bridgehead atoms. The summed E-state index contributed by atoms with van der Waals surface area (Å²) in [5, 5.41) is 2.57. The number of aryl methyl sites for hydroxylation is 1. The van der Waals surface area contributed by atoms with Gasteiger partial charge in [-0.2, -0.15) is 0 Å². The number of nitrogens with one attached hydrogen (secondary N) is 2. The predicted octanol–water partition coefficient (Wildman–Crippen LogP) is 0.0219. The van der Waals surface area contributed by atoms with Gasteiger partial charge in [0.25, 0.3) is 11.8 Å². The summed E-state index contributed by atoms with van der Waals surface area (Å²) in [5.74, 6) is 4.92. The first kappa shape index (κ1) is 14.1. The Morgan fingerprint density at radius 1 is 1.50 bits per heavy atom. The van der Waals surface area contributed by atoms with Crippen LogP contribution in [0, 0.1) is 6.92 Å². The van der Waals surface area contributed by atoms with Gasteiger partial charge < -0.3 is 9.73 Å². The molecule has 1 fully saturated rings. The van der Waals surface area contributed by atoms with Crippen LogP contribution >= 0.6 is 0 Å². The van der Waals surface area contributed by atoms with E-state index in [1.165, 1.54) is 6.07 Å². The summed E-state index contributed by atoms with van der Waals surface area (Å²) in [6.45, 7) is 4.80. The average Bonchev–Trinajstić information content (AvgIpc) is 2.82. The second-order valence-electron chi connectivity index (χ2n) is 5.10. The molecule has 8 heteroatoms. The fraction of sp³-hybridized carbons (Fsp3) is 0.417. The van der Waals surface area contributed by atoms with E-state index in [-0.39, 0.29) is 18.0 Å². The number of hydrogen-bond donors (Lipinski definition) is 3. The number of rotatable bonds is 3. The molecule has 0 unspecified atom stereocenters. The third kappa shape index (κ3) is 2.25. The lowest BCUT2D eigenvalue weighted by molar-refractivity contribution is -0.130. The minimum atomic E-state index is -0.934. The van der Waals surface area contributed by atoms with Crippen LogP contribution < -0.4 is 16.6 Å². The minimum Gasteiger partial charge on any atom is -0.464 e. The zero-order valence-corrected chi connectivity index (χ0v) is 11.4. The van der Waals surface area contributed by atoms with Crippen molar-refractivity contribution in [1.82, 2.24) is 15.6 Å². The van der Waals surface area contributed by atoms with Crippen molar-refractivity contribution in [2.45, 2.75) is 32.9 Å². The van der Waals surface area contributed by atoms with Crippen LogP contribution in [0.15, 0.2) is 10.5 Å². The molecule has 0 radical (unpaired) electrons. The van der Waals surface area contributed by atoms with E-state index in [0.29, 0.717) is 11.5 Å². The largest absolute Gasteiger partial charge is 0.464 e. The number of urea groups is 1. The van der Waals surface area contributed by atoms with E-state index in [2.05, 4.69) is 5.32 Å². The van der Waals surface area contributed by atoms with Gasteiger partial charge in [-0.3, -0.25) is 19.9 Å². The molecule has 2 heterocycles. The summed E-state index contributed by atoms with van der Waals surface area (Å²) >= 11 is 0. The number of furan rings is 1. The molecule has 0 spiro atoms. The van der Waals surface area contributed by atoms with Crippen molar-refractivity contribution < 1.29 is 18.8 Å². The van der Waals surface area contributed by atoms with Crippen molar-refractivity contribution in [3.8, 4) is 0 Å². The molecule has 0 saturated carbocycles. The fourth-order valence-corrected chi connectivity index (χ4v) is 2.04. The number of carbonyl (C=O) groups excluding carboxylic acids is 3. The first-order valence-electron chi connectivity index (χ1n) is 6.00. The van der Waals surface area contributed by atoms with Gasteiger partial charge in [0.1, 0.15) is 17.1 Å². The second kappa shape index (κ2) is 4.64. The van der Waals surface area contributed by atoms with Crippen LogP contribution in [0.5, 0.6) is 0 Å². The minimum absolute atomic E-state index is 0.0349. The van der Waals surface area contributed by atoms with E-state index in [4.69, 9.17) is 10.3 Å². The molecule has 1 aliphatic rings. The zero-order chi connectivity index (χ0) is 15.1. The number of nitrogen functional groups attached to an aromatic ring is 1. The fourth-order valence-electron chi connectivity index (χ4n) is 2.04. The van der Waals surface area contributed by atoms with Gasteiger partial charge in [-0.05, 0) is 26.8 Å². The highest BCUT2D eigenvalue weighted by Crippen LogP contribution is 2.21. The maximum atomic E-state index is 12.0. The molecule has 0 aromatic carbocycles. The molecule has 108 valence electrons. The lowest BCUT2D eigenvalue weighted by Crippen LogP contribution is -2.40. The molecule has 1 aromatic rings. The van der Waals surface area contributed by atoms with Crippen molar-refractivity contribution in [1.29, 1.82) is 0 Å². The summed E-state index contributed by atoms with van der Waals surface area (Å²) in [6.07, 6.45) is 0. The lowest BCUT2D eigenvalue weighted by atomic mass is 10.1. The van der Waals surface area contributed by atoms with Gasteiger partial charge in [-0.15, -0.1) is 0 Å². The number of amides is 4. The Kier molecular flexibility index (Phi) is 3.26. The molecule has 4 N–H and O–H groups in total. The van der Waals surface area contributed by atoms with Gasteiger partial charge in [0, 0.05) is 0 Å². The molecule has 0 aliphatic carbocycles. The predicted molar refractivity (Wildman–Crippen MR) is 68.3 cm³/mol. The molecule has 1 aliphatic heterocycles. The Balaban J connectivity index is 2.21. The maximum absolute atomic E-state index is 12.0. The highest BCUT2D eigenvalue weighted by atomic mass is 16.3. The van der Waals surface area contributed by atoms with Crippen LogP contribution in [-0.4, -0.2) is 28.3 Å². The molecule has 1 saturated heterocycles. The molecule has 8 nitrogen and oxygen atoms in total. The smallest absolute Gasteiger partial charge is 0.325 e. The number of carbonyl (C=O) groups is 3. The summed E-state index contributed by atoms with van der Waals surface area (Å²) in [7, 11) is 0. The molecular formula is C12H16N4O4. The van der Waals surface area contributed by atoms with E-state index >= 15 is 0 Å². The Labute approximate surface area is 115 Å². The molecule has 2 rings (SSSR count). The molecular weight excluding hydrogens is 264 g/mol. The summed E-state index contributed by atoms with van der Waals surface area (Å²) in [4.78, 5) is 36.3. The number of hydrazine groups is 1. The van der Waals surface area contributed by atoms with Gasteiger partial charge in [-0.25, -0.2) is 10.6 Å². The summed E-state index contributed by atoms with van der Waals surface area (Å²) in [6, 6.07) is 0.975. The number of hydrogen-bond acceptors (Lipinski definition) is 5. The van der Waals surface area contributed by atoms with Crippen LogP contribution in [-0.2, 0) is 11.3 Å². The zero-order valence-electron chi connectivity index (χ0n) is 11.4. The van der Waals surface area contributed by atoms with Gasteiger partial charge in [-0.1, -0.05) is 0 Å². The summed E-state index contributed by atoms with van der Waals surface area (Å²) in [5.41, 5.74) is 1.34. The Morgan fingerprint density at radius 2 is 2.15 bits per heavy atom. The molecule has 20 heavy (non-hydrogen) atoms. The van der Waals surface area contributed by atoms with Crippen LogP contribution in [0.2, 0.25) is 0 Å². The van der Waals surface area contributed by atoms with Gasteiger partial charge in [0.2, 0.25) is 0 Å². The Bertz CT molecular complexity index is 590. The lowest BCUT2D eigenvalue weighted by Gasteiger charge is -2.14. The monoisotopic (exact) mass is 280 g/mol. The molecule has 4 amide bonds. The van der Waals surface area contributed by atoms with Crippen LogP contribution in [0.1, 0.15) is 35.7 Å². The van der Waals surface area contributed by atoms with Crippen LogP contribution in [0.4, 0.5) is 4.79 Å². The molecule has 1 aromatic heterocycles. The highest BCUT2D eigenvalue weighted by Gasteiger charge is 2.44. The third-order valence-electron chi connectivity index (χ3n) is 3.10. The average molecular weight is 280 g/mol. The van der Waals surface area contributed by atoms with Crippen LogP contribution in [0.25, 0.3) is 0 Å². The molecule has 0 atom stereocenters. The first-order chi connectivity index (χ1) is 9.26. The standard InChI is InChI=1S/C12H16N4O4/c1-6-8(9(17)15-13)4-7(20-6)5-16-10(18)12(2,3)14-11(16)19/h4H,5,13H2,1-3H3,(H,14,19)(H,15,17). The topological polar surface area (TPSA) is 118 Å². The quantitative estimate of drug-likeness (QED) is 0.312. The van der Waals surface area contributed by atoms with E-state index < -0.39 is 17.5 Å². The summed E-state index contributed by atoms with van der Waals surface area (Å²) < 4.78 is 5.37. The van der Waals surface area contributed by atoms with Gasteiger partial charge in [0.05, 0.1) is 12.1 Å². The van der Waals surface area contributed by atoms with E-state index in [1.807, 2.05) is 5.43 Å². The SMILES string of the molecule is Cc1oc(CN2C(=O)NC(C)(C)C2=O)cc1C(=O)NN. The van der Waals surface area contributed by atoms with E-state index in [0.717, 1.165) is 4.90 Å². The van der Waals surface area contributed by atoms with Crippen molar-refractivity contribution >= 4 is 17.8 Å². The number of nitrogens with zero attached hydrogens (tertiary/aromatic N) is 1. The van der Waals surface area contributed by atoms with Crippen molar-refractivity contribution in [2.75, 3.05) is 0 Å². The van der Waals surface area contributed by atoms with Crippen LogP contribution in [0.3, 0.4) is 0 Å². The first-order valence-corrected chi connectivity index (χ1v) is 6.00. The number of nitrogens with two attached hydrogens (primary N) is 1. The highest BCUT2D eigenvalue weighted by molar-refractivity contribution is 6.06. The van der Waals surface area contributed by atoms with Crippen molar-refractivity contribution in [2.24, 2.45) is 5.84 Å². The van der Waals surface area contributed by atoms with E-state index in [1.54, 1.807) is 20.8 Å². The normalized spacial score (nSPS) is 17.3. The van der Waals surface area contributed by atoms with Gasteiger partial charge >= 0.3 is 6.03 Å². The number of imide groups is 1. The van der Waals surface area contributed by atoms with Gasteiger partial charge in [0.15, 0.2) is 0 Å². The maximum Gasteiger partial charge on any atom is 0.325 e. The van der Waals surface area contributed by atoms with Crippen molar-refractivity contribution in [3.05, 3.63) is 23.2 Å².